The minimum atomic E-state index is -0.564. The number of aliphatic hydroxyl groups excluding tert-OH is 1. The van der Waals surface area contributed by atoms with Crippen molar-refractivity contribution in [3.8, 4) is 5.75 Å². The molecule has 0 amide bonds. The van der Waals surface area contributed by atoms with Crippen LogP contribution in [0.3, 0.4) is 0 Å². The van der Waals surface area contributed by atoms with Gasteiger partial charge in [0, 0.05) is 23.1 Å². The van der Waals surface area contributed by atoms with E-state index in [0.717, 1.165) is 24.0 Å². The van der Waals surface area contributed by atoms with E-state index in [1.165, 1.54) is 0 Å². The van der Waals surface area contributed by atoms with Gasteiger partial charge in [0.05, 0.1) is 0 Å². The van der Waals surface area contributed by atoms with Gasteiger partial charge in [-0.05, 0) is 57.4 Å². The highest BCUT2D eigenvalue weighted by Gasteiger charge is 2.34. The predicted molar refractivity (Wildman–Crippen MR) is 92.1 cm³/mol. The summed E-state index contributed by atoms with van der Waals surface area (Å²) in [6.45, 7) is 10.9. The highest BCUT2D eigenvalue weighted by molar-refractivity contribution is 6.02. The van der Waals surface area contributed by atoms with Gasteiger partial charge in [0.25, 0.3) is 0 Å². The van der Waals surface area contributed by atoms with Crippen LogP contribution in [0.2, 0.25) is 0 Å². The monoisotopic (exact) mass is 319 g/mol. The van der Waals surface area contributed by atoms with Crippen LogP contribution < -0.4 is 10.1 Å². The van der Waals surface area contributed by atoms with Gasteiger partial charge in [-0.25, -0.2) is 0 Å². The number of rotatable bonds is 5. The van der Waals surface area contributed by atoms with Crippen LogP contribution in [0, 0.1) is 5.41 Å². The second-order valence-corrected chi connectivity index (χ2v) is 8.13. The molecule has 0 saturated carbocycles. The first-order valence-corrected chi connectivity index (χ1v) is 8.32. The van der Waals surface area contributed by atoms with Gasteiger partial charge in [-0.2, -0.15) is 0 Å². The van der Waals surface area contributed by atoms with Crippen molar-refractivity contribution in [1.82, 2.24) is 5.32 Å². The summed E-state index contributed by atoms with van der Waals surface area (Å²) in [5.41, 5.74) is 1.56. The number of Topliss-reactive ketones (excluding diaryl/α,β-unsaturated/α-hetero) is 1. The van der Waals surface area contributed by atoms with Crippen molar-refractivity contribution in [1.29, 1.82) is 0 Å². The summed E-state index contributed by atoms with van der Waals surface area (Å²) in [5, 5.41) is 13.2. The Labute approximate surface area is 139 Å². The predicted octanol–water partition coefficient (Wildman–Crippen LogP) is 2.97. The number of fused-ring (bicyclic) bond motifs is 1. The molecule has 0 radical (unpaired) electrons. The first kappa shape index (κ1) is 18.0. The molecule has 23 heavy (non-hydrogen) atoms. The topological polar surface area (TPSA) is 58.6 Å². The minimum absolute atomic E-state index is 0.0278. The maximum Gasteiger partial charge on any atom is 0.168 e. The van der Waals surface area contributed by atoms with Crippen molar-refractivity contribution >= 4 is 5.78 Å². The van der Waals surface area contributed by atoms with Crippen LogP contribution in [0.5, 0.6) is 5.75 Å². The van der Waals surface area contributed by atoms with Crippen LogP contribution in [0.1, 0.15) is 57.0 Å². The Kier molecular flexibility index (Phi) is 5.17. The molecule has 2 rings (SSSR count). The summed E-state index contributed by atoms with van der Waals surface area (Å²) in [4.78, 5) is 12.4. The molecule has 128 valence electrons. The molecular weight excluding hydrogens is 290 g/mol. The number of carbonyl (C=O) groups excluding carboxylic acids is 1. The molecule has 1 aromatic rings. The fourth-order valence-electron chi connectivity index (χ4n) is 2.69. The van der Waals surface area contributed by atoms with Gasteiger partial charge >= 0.3 is 0 Å². The van der Waals surface area contributed by atoms with E-state index in [4.69, 9.17) is 4.74 Å². The summed E-state index contributed by atoms with van der Waals surface area (Å²) in [6.07, 6.45) is 1.19. The lowest BCUT2D eigenvalue weighted by Crippen LogP contribution is -2.42. The van der Waals surface area contributed by atoms with E-state index in [9.17, 15) is 9.90 Å². The number of hydrogen-bond acceptors (Lipinski definition) is 4. The zero-order chi connectivity index (χ0) is 17.3. The van der Waals surface area contributed by atoms with Crippen LogP contribution in [-0.2, 0) is 6.42 Å². The van der Waals surface area contributed by atoms with Gasteiger partial charge in [-0.1, -0.05) is 13.8 Å². The van der Waals surface area contributed by atoms with Gasteiger partial charge in [0.2, 0.25) is 0 Å². The average Bonchev–Trinajstić information content (AvgIpc) is 2.46. The van der Waals surface area contributed by atoms with Crippen LogP contribution >= 0.6 is 0 Å². The number of aliphatic hydroxyl groups is 1. The van der Waals surface area contributed by atoms with Crippen LogP contribution in [0.15, 0.2) is 18.2 Å². The van der Waals surface area contributed by atoms with E-state index in [2.05, 4.69) is 26.1 Å². The first-order chi connectivity index (χ1) is 10.6. The molecule has 0 heterocycles. The van der Waals surface area contributed by atoms with Gasteiger partial charge in [0.15, 0.2) is 5.78 Å². The van der Waals surface area contributed by atoms with Crippen molar-refractivity contribution in [3.05, 3.63) is 29.3 Å². The summed E-state index contributed by atoms with van der Waals surface area (Å²) < 4.78 is 5.69. The zero-order valence-corrected chi connectivity index (χ0v) is 14.9. The Hall–Kier alpha value is -1.39. The first-order valence-electron chi connectivity index (χ1n) is 8.32. The standard InChI is InChI=1S/C19H29NO3/c1-18(2,3)20-11-14(21)12-23-15-6-7-16-13(10-15)8-9-19(4,5)17(16)22/h6-7,10,14,20-21H,8-9,11-12H2,1-5H3/t14-/m1/s1. The normalized spacial score (nSPS) is 18.4. The van der Waals surface area contributed by atoms with E-state index in [-0.39, 0.29) is 23.3 Å². The Balaban J connectivity index is 1.95. The number of ether oxygens (including phenoxy) is 1. The zero-order valence-electron chi connectivity index (χ0n) is 14.9. The molecule has 1 aromatic carbocycles. The molecule has 0 saturated heterocycles. The van der Waals surface area contributed by atoms with Crippen molar-refractivity contribution in [2.45, 2.75) is 59.1 Å². The largest absolute Gasteiger partial charge is 0.491 e. The van der Waals surface area contributed by atoms with Gasteiger partial charge in [-0.3, -0.25) is 4.79 Å². The van der Waals surface area contributed by atoms with Crippen molar-refractivity contribution in [2.75, 3.05) is 13.2 Å². The van der Waals surface area contributed by atoms with E-state index >= 15 is 0 Å². The maximum absolute atomic E-state index is 12.4. The van der Waals surface area contributed by atoms with E-state index in [1.807, 2.05) is 32.0 Å². The summed E-state index contributed by atoms with van der Waals surface area (Å²) >= 11 is 0. The van der Waals surface area contributed by atoms with E-state index < -0.39 is 6.10 Å². The smallest absolute Gasteiger partial charge is 0.168 e. The quantitative estimate of drug-likeness (QED) is 0.876. The minimum Gasteiger partial charge on any atom is -0.491 e. The Morgan fingerprint density at radius 3 is 2.70 bits per heavy atom. The van der Waals surface area contributed by atoms with Crippen molar-refractivity contribution in [3.63, 3.8) is 0 Å². The van der Waals surface area contributed by atoms with Gasteiger partial charge in [-0.15, -0.1) is 0 Å². The SMILES string of the molecule is CC(C)(C)NC[C@@H](O)COc1ccc2c(c1)CCC(C)(C)C2=O. The molecule has 2 N–H and O–H groups in total. The molecule has 0 spiro atoms. The number of ketones is 1. The van der Waals surface area contributed by atoms with Crippen LogP contribution in [0.4, 0.5) is 0 Å². The van der Waals surface area contributed by atoms with Crippen molar-refractivity contribution in [2.24, 2.45) is 5.41 Å². The summed E-state index contributed by atoms with van der Waals surface area (Å²) in [7, 11) is 0. The summed E-state index contributed by atoms with van der Waals surface area (Å²) in [5.74, 6) is 0.922. The molecule has 0 unspecified atom stereocenters. The molecule has 4 heteroatoms. The average molecular weight is 319 g/mol. The van der Waals surface area contributed by atoms with E-state index in [1.54, 1.807) is 0 Å². The molecule has 0 bridgehead atoms. The Bertz CT molecular complexity index is 572. The molecule has 0 fully saturated rings. The lowest BCUT2D eigenvalue weighted by Gasteiger charge is -2.29. The molecule has 0 aliphatic heterocycles. The van der Waals surface area contributed by atoms with E-state index in [0.29, 0.717) is 12.3 Å². The lowest BCUT2D eigenvalue weighted by atomic mass is 9.73. The maximum atomic E-state index is 12.4. The number of carbonyl (C=O) groups is 1. The fraction of sp³-hybridized carbons (Fsp3) is 0.632. The third-order valence-corrected chi connectivity index (χ3v) is 4.27. The van der Waals surface area contributed by atoms with Crippen molar-refractivity contribution < 1.29 is 14.6 Å². The summed E-state index contributed by atoms with van der Waals surface area (Å²) in [6, 6.07) is 5.61. The molecule has 4 nitrogen and oxygen atoms in total. The molecular formula is C19H29NO3. The molecule has 1 aliphatic carbocycles. The third-order valence-electron chi connectivity index (χ3n) is 4.27. The third kappa shape index (κ3) is 4.79. The second kappa shape index (κ2) is 6.62. The Morgan fingerprint density at radius 1 is 1.35 bits per heavy atom. The highest BCUT2D eigenvalue weighted by atomic mass is 16.5. The number of benzene rings is 1. The van der Waals surface area contributed by atoms with Crippen LogP contribution in [-0.4, -0.2) is 35.7 Å². The Morgan fingerprint density at radius 2 is 2.04 bits per heavy atom. The van der Waals surface area contributed by atoms with Gasteiger partial charge in [0.1, 0.15) is 18.5 Å². The number of β-amino-alcohol motifs (C(OH)–C–C–N with tert-alkyl or cyclic N) is 1. The highest BCUT2D eigenvalue weighted by Crippen LogP contribution is 2.36. The number of nitrogens with one attached hydrogen (secondary N) is 1. The molecule has 1 aliphatic rings. The molecule has 0 aromatic heterocycles. The second-order valence-electron chi connectivity index (χ2n) is 8.13. The van der Waals surface area contributed by atoms with Crippen LogP contribution in [0.25, 0.3) is 0 Å². The van der Waals surface area contributed by atoms with Gasteiger partial charge < -0.3 is 15.2 Å². The molecule has 1 atom stereocenters. The number of hydrogen-bond donors (Lipinski definition) is 2. The lowest BCUT2D eigenvalue weighted by molar-refractivity contribution is 0.0810. The number of aryl methyl sites for hydroxylation is 1. The fourth-order valence-corrected chi connectivity index (χ4v) is 2.69.